The van der Waals surface area contributed by atoms with Gasteiger partial charge in [-0.05, 0) is 49.4 Å². The van der Waals surface area contributed by atoms with Gasteiger partial charge in [0, 0.05) is 18.1 Å². The molecule has 0 spiro atoms. The van der Waals surface area contributed by atoms with Gasteiger partial charge in [0.25, 0.3) is 11.5 Å². The summed E-state index contributed by atoms with van der Waals surface area (Å²) in [5.74, 6) is -0.127. The quantitative estimate of drug-likeness (QED) is 0.498. The Labute approximate surface area is 185 Å². The minimum atomic E-state index is -0.833. The summed E-state index contributed by atoms with van der Waals surface area (Å²) in [5.41, 5.74) is 0.586. The van der Waals surface area contributed by atoms with Crippen LogP contribution in [0.25, 0.3) is 22.4 Å². The molecule has 4 aromatic rings. The molecule has 0 aliphatic carbocycles. The van der Waals surface area contributed by atoms with E-state index < -0.39 is 11.8 Å². The molecule has 10 heteroatoms. The SMILES string of the molecule is CC(=O)O.CCOc1ccc(-c2nc3sc(=Cc4c(F)cccc4Cl)c(=O)n3n2)cc1. The molecule has 1 N–H and O–H groups in total. The summed E-state index contributed by atoms with van der Waals surface area (Å²) in [5, 5.41) is 11.9. The fraction of sp³-hybridized carbons (Fsp3) is 0.143. The van der Waals surface area contributed by atoms with Crippen LogP contribution in [0.3, 0.4) is 0 Å². The number of fused-ring (bicyclic) bond motifs is 1. The maximum atomic E-state index is 14.0. The summed E-state index contributed by atoms with van der Waals surface area (Å²) in [7, 11) is 0. The van der Waals surface area contributed by atoms with Crippen molar-refractivity contribution in [2.75, 3.05) is 6.61 Å². The topological polar surface area (TPSA) is 93.8 Å². The first-order valence-corrected chi connectivity index (χ1v) is 10.3. The van der Waals surface area contributed by atoms with Crippen molar-refractivity contribution >= 4 is 39.9 Å². The van der Waals surface area contributed by atoms with Gasteiger partial charge >= 0.3 is 0 Å². The molecule has 31 heavy (non-hydrogen) atoms. The number of aromatic nitrogens is 3. The summed E-state index contributed by atoms with van der Waals surface area (Å²) < 4.78 is 20.9. The largest absolute Gasteiger partial charge is 0.494 e. The predicted octanol–water partition coefficient (Wildman–Crippen LogP) is 3.65. The van der Waals surface area contributed by atoms with Gasteiger partial charge in [0.05, 0.1) is 16.2 Å². The zero-order chi connectivity index (χ0) is 22.5. The maximum Gasteiger partial charge on any atom is 0.300 e. The number of carboxylic acids is 1. The monoisotopic (exact) mass is 461 g/mol. The van der Waals surface area contributed by atoms with E-state index in [9.17, 15) is 9.18 Å². The lowest BCUT2D eigenvalue weighted by molar-refractivity contribution is -0.134. The first kappa shape index (κ1) is 22.4. The van der Waals surface area contributed by atoms with Gasteiger partial charge in [-0.25, -0.2) is 4.39 Å². The van der Waals surface area contributed by atoms with Crippen molar-refractivity contribution in [3.63, 3.8) is 0 Å². The van der Waals surface area contributed by atoms with Crippen LogP contribution in [0, 0.1) is 5.82 Å². The number of hydrogen-bond donors (Lipinski definition) is 1. The lowest BCUT2D eigenvalue weighted by Crippen LogP contribution is -2.23. The normalized spacial score (nSPS) is 11.3. The first-order valence-electron chi connectivity index (χ1n) is 9.08. The Morgan fingerprint density at radius 2 is 1.97 bits per heavy atom. The Morgan fingerprint density at radius 1 is 1.29 bits per heavy atom. The second kappa shape index (κ2) is 9.67. The fourth-order valence-electron chi connectivity index (χ4n) is 2.60. The summed E-state index contributed by atoms with van der Waals surface area (Å²) in [4.78, 5) is 26.4. The van der Waals surface area contributed by atoms with E-state index in [2.05, 4.69) is 10.1 Å². The summed E-state index contributed by atoms with van der Waals surface area (Å²) in [6.07, 6.45) is 1.43. The van der Waals surface area contributed by atoms with E-state index in [4.69, 9.17) is 26.2 Å². The van der Waals surface area contributed by atoms with Crippen LogP contribution in [-0.4, -0.2) is 32.3 Å². The van der Waals surface area contributed by atoms with E-state index in [0.717, 1.165) is 29.6 Å². The molecule has 0 atom stereocenters. The van der Waals surface area contributed by atoms with Crippen molar-refractivity contribution < 1.29 is 19.0 Å². The average Bonchev–Trinajstić information content (AvgIpc) is 3.25. The van der Waals surface area contributed by atoms with Gasteiger partial charge in [0.2, 0.25) is 4.96 Å². The third-order valence-electron chi connectivity index (χ3n) is 3.88. The van der Waals surface area contributed by atoms with E-state index in [0.29, 0.717) is 21.9 Å². The number of thiazole rings is 1. The van der Waals surface area contributed by atoms with Crippen LogP contribution in [0.5, 0.6) is 5.75 Å². The van der Waals surface area contributed by atoms with Crippen molar-refractivity contribution in [3.05, 3.63) is 73.8 Å². The van der Waals surface area contributed by atoms with Crippen molar-refractivity contribution in [1.82, 2.24) is 14.6 Å². The number of carboxylic acid groups (broad SMARTS) is 1. The highest BCUT2D eigenvalue weighted by atomic mass is 35.5. The van der Waals surface area contributed by atoms with Crippen molar-refractivity contribution in [1.29, 1.82) is 0 Å². The molecule has 0 radical (unpaired) electrons. The van der Waals surface area contributed by atoms with Gasteiger partial charge in [-0.3, -0.25) is 9.59 Å². The number of rotatable bonds is 4. The van der Waals surface area contributed by atoms with E-state index in [1.807, 2.05) is 31.2 Å². The van der Waals surface area contributed by atoms with Gasteiger partial charge in [-0.2, -0.15) is 9.50 Å². The van der Waals surface area contributed by atoms with Crippen molar-refractivity contribution in [2.45, 2.75) is 13.8 Å². The van der Waals surface area contributed by atoms with Crippen LogP contribution in [0.4, 0.5) is 4.39 Å². The minimum Gasteiger partial charge on any atom is -0.494 e. The Kier molecular flexibility index (Phi) is 6.98. The second-order valence-corrected chi connectivity index (χ2v) is 7.57. The highest BCUT2D eigenvalue weighted by Gasteiger charge is 2.13. The molecule has 0 bridgehead atoms. The first-order chi connectivity index (χ1) is 14.8. The van der Waals surface area contributed by atoms with Crippen molar-refractivity contribution in [2.24, 2.45) is 0 Å². The van der Waals surface area contributed by atoms with Crippen LogP contribution < -0.4 is 14.8 Å². The number of carbonyl (C=O) groups is 1. The zero-order valence-electron chi connectivity index (χ0n) is 16.5. The lowest BCUT2D eigenvalue weighted by atomic mass is 10.2. The lowest BCUT2D eigenvalue weighted by Gasteiger charge is -2.02. The average molecular weight is 462 g/mol. The summed E-state index contributed by atoms with van der Waals surface area (Å²) in [6, 6.07) is 11.7. The molecule has 0 saturated carbocycles. The van der Waals surface area contributed by atoms with Gasteiger partial charge < -0.3 is 9.84 Å². The van der Waals surface area contributed by atoms with Crippen LogP contribution in [0.1, 0.15) is 19.4 Å². The molecular formula is C21H17ClFN3O4S. The number of nitrogens with zero attached hydrogens (tertiary/aromatic N) is 3. The maximum absolute atomic E-state index is 14.0. The molecule has 4 rings (SSSR count). The number of ether oxygens (including phenoxy) is 1. The molecule has 2 aromatic carbocycles. The molecule has 0 amide bonds. The standard InChI is InChI=1S/C19H13ClFN3O2S.C2H4O2/c1-2-26-12-8-6-11(7-9-12)17-22-19-24(23-17)18(25)16(27-19)10-13-14(20)4-3-5-15(13)21;1-2(3)4/h3-10H,2H2,1H3;1H3,(H,3,4). The van der Waals surface area contributed by atoms with E-state index >= 15 is 0 Å². The number of benzene rings is 2. The van der Waals surface area contributed by atoms with Crippen LogP contribution in [0.15, 0.2) is 47.3 Å². The number of halogens is 2. The fourth-order valence-corrected chi connectivity index (χ4v) is 3.71. The molecule has 2 aromatic heterocycles. The number of hydrogen-bond acceptors (Lipinski definition) is 6. The van der Waals surface area contributed by atoms with Gasteiger partial charge in [0.1, 0.15) is 11.6 Å². The predicted molar refractivity (Wildman–Crippen MR) is 117 cm³/mol. The van der Waals surface area contributed by atoms with Crippen LogP contribution in [-0.2, 0) is 4.79 Å². The highest BCUT2D eigenvalue weighted by Crippen LogP contribution is 2.21. The third kappa shape index (κ3) is 5.25. The molecule has 7 nitrogen and oxygen atoms in total. The van der Waals surface area contributed by atoms with Gasteiger partial charge in [-0.15, -0.1) is 5.10 Å². The van der Waals surface area contributed by atoms with Crippen LogP contribution >= 0.6 is 22.9 Å². The molecule has 0 aliphatic rings. The molecule has 0 unspecified atom stereocenters. The Bertz CT molecular complexity index is 1310. The van der Waals surface area contributed by atoms with E-state index in [1.165, 1.54) is 22.7 Å². The Morgan fingerprint density at radius 3 is 2.55 bits per heavy atom. The molecule has 0 aliphatic heterocycles. The zero-order valence-corrected chi connectivity index (χ0v) is 18.1. The molecule has 2 heterocycles. The molecular weight excluding hydrogens is 445 g/mol. The molecule has 0 fully saturated rings. The second-order valence-electron chi connectivity index (χ2n) is 6.16. The van der Waals surface area contributed by atoms with E-state index in [1.54, 1.807) is 6.07 Å². The molecule has 0 saturated heterocycles. The Hall–Kier alpha value is -3.30. The smallest absolute Gasteiger partial charge is 0.300 e. The summed E-state index contributed by atoms with van der Waals surface area (Å²) in [6.45, 7) is 3.58. The van der Waals surface area contributed by atoms with Crippen LogP contribution in [0.2, 0.25) is 5.02 Å². The Balaban J connectivity index is 0.000000628. The minimum absolute atomic E-state index is 0.174. The highest BCUT2D eigenvalue weighted by molar-refractivity contribution is 7.15. The van der Waals surface area contributed by atoms with E-state index in [-0.39, 0.29) is 16.1 Å². The third-order valence-corrected chi connectivity index (χ3v) is 5.17. The van der Waals surface area contributed by atoms with Crippen molar-refractivity contribution in [3.8, 4) is 17.1 Å². The number of aliphatic carboxylic acids is 1. The van der Waals surface area contributed by atoms with Gasteiger partial charge in [-0.1, -0.05) is 29.0 Å². The molecule has 160 valence electrons. The summed E-state index contributed by atoms with van der Waals surface area (Å²) >= 11 is 7.16. The van der Waals surface area contributed by atoms with Gasteiger partial charge in [0.15, 0.2) is 5.82 Å².